The molecule has 1 aromatic carbocycles. The number of rotatable bonds is 7. The second kappa shape index (κ2) is 7.19. The normalized spacial score (nSPS) is 17.1. The molecule has 1 atom stereocenters. The molecule has 8 nitrogen and oxygen atoms in total. The SMILES string of the molecule is CCC1Oc2ccc([N+](=O)[O-])cc2N(CCOCCN)C1=O. The molecule has 2 rings (SSSR count). The molecule has 0 bridgehead atoms. The summed E-state index contributed by atoms with van der Waals surface area (Å²) in [5.74, 6) is 0.253. The number of anilines is 1. The van der Waals surface area contributed by atoms with Gasteiger partial charge in [0, 0.05) is 25.2 Å². The molecule has 0 radical (unpaired) electrons. The summed E-state index contributed by atoms with van der Waals surface area (Å²) < 4.78 is 10.9. The Kier molecular flexibility index (Phi) is 5.29. The van der Waals surface area contributed by atoms with Gasteiger partial charge in [-0.1, -0.05) is 6.92 Å². The summed E-state index contributed by atoms with van der Waals surface area (Å²) in [7, 11) is 0. The number of nitro groups is 1. The van der Waals surface area contributed by atoms with Crippen molar-refractivity contribution < 1.29 is 19.2 Å². The second-order valence-electron chi connectivity index (χ2n) is 4.81. The molecule has 1 aromatic rings. The molecule has 1 aliphatic rings. The van der Waals surface area contributed by atoms with Crippen LogP contribution in [0.4, 0.5) is 11.4 Å². The van der Waals surface area contributed by atoms with Gasteiger partial charge in [-0.3, -0.25) is 14.9 Å². The van der Waals surface area contributed by atoms with E-state index in [4.69, 9.17) is 15.2 Å². The monoisotopic (exact) mass is 309 g/mol. The van der Waals surface area contributed by atoms with Crippen molar-refractivity contribution in [2.24, 2.45) is 5.73 Å². The predicted octanol–water partition coefficient (Wildman–Crippen LogP) is 1.07. The van der Waals surface area contributed by atoms with Gasteiger partial charge in [0.2, 0.25) is 0 Å². The highest BCUT2D eigenvalue weighted by Crippen LogP contribution is 2.37. The average molecular weight is 309 g/mol. The fourth-order valence-corrected chi connectivity index (χ4v) is 2.26. The molecule has 0 spiro atoms. The minimum absolute atomic E-state index is 0.0852. The summed E-state index contributed by atoms with van der Waals surface area (Å²) in [6, 6.07) is 4.24. The van der Waals surface area contributed by atoms with E-state index in [1.807, 2.05) is 6.92 Å². The van der Waals surface area contributed by atoms with Crippen LogP contribution in [-0.4, -0.2) is 43.2 Å². The van der Waals surface area contributed by atoms with E-state index < -0.39 is 11.0 Å². The minimum atomic E-state index is -0.580. The maximum Gasteiger partial charge on any atom is 0.271 e. The van der Waals surface area contributed by atoms with Gasteiger partial charge in [0.25, 0.3) is 11.6 Å². The molecule has 22 heavy (non-hydrogen) atoms. The summed E-state index contributed by atoms with van der Waals surface area (Å²) in [4.78, 5) is 24.3. The molecule has 8 heteroatoms. The van der Waals surface area contributed by atoms with E-state index in [0.717, 1.165) is 0 Å². The van der Waals surface area contributed by atoms with E-state index in [1.54, 1.807) is 0 Å². The highest BCUT2D eigenvalue weighted by Gasteiger charge is 2.34. The van der Waals surface area contributed by atoms with Crippen molar-refractivity contribution in [3.8, 4) is 5.75 Å². The number of carbonyl (C=O) groups excluding carboxylic acids is 1. The topological polar surface area (TPSA) is 108 Å². The first-order chi connectivity index (χ1) is 10.6. The lowest BCUT2D eigenvalue weighted by molar-refractivity contribution is -0.384. The fraction of sp³-hybridized carbons (Fsp3) is 0.500. The molecule has 1 aliphatic heterocycles. The number of ether oxygens (including phenoxy) is 2. The first kappa shape index (κ1) is 16.2. The molecule has 0 aliphatic carbocycles. The van der Waals surface area contributed by atoms with Gasteiger partial charge in [0.05, 0.1) is 23.8 Å². The number of non-ortho nitro benzene ring substituents is 1. The lowest BCUT2D eigenvalue weighted by Crippen LogP contribution is -2.47. The van der Waals surface area contributed by atoms with Gasteiger partial charge in [-0.05, 0) is 12.5 Å². The van der Waals surface area contributed by atoms with Gasteiger partial charge >= 0.3 is 0 Å². The van der Waals surface area contributed by atoms with E-state index in [0.29, 0.717) is 44.2 Å². The molecule has 0 fully saturated rings. The summed E-state index contributed by atoms with van der Waals surface area (Å²) in [6.45, 7) is 3.25. The molecule has 1 unspecified atom stereocenters. The lowest BCUT2D eigenvalue weighted by atomic mass is 10.1. The fourth-order valence-electron chi connectivity index (χ4n) is 2.26. The van der Waals surface area contributed by atoms with Crippen molar-refractivity contribution >= 4 is 17.3 Å². The van der Waals surface area contributed by atoms with Crippen LogP contribution >= 0.6 is 0 Å². The molecule has 0 saturated heterocycles. The standard InChI is InChI=1S/C14H19N3O5/c1-2-12-14(18)16(6-8-21-7-5-15)11-9-10(17(19)20)3-4-13(11)22-12/h3-4,9,12H,2,5-8,15H2,1H3. The van der Waals surface area contributed by atoms with Crippen LogP contribution in [0, 0.1) is 10.1 Å². The third kappa shape index (κ3) is 3.34. The Hall–Kier alpha value is -2.19. The first-order valence-corrected chi connectivity index (χ1v) is 7.12. The molecule has 0 saturated carbocycles. The molecule has 1 heterocycles. The number of nitro benzene ring substituents is 1. The smallest absolute Gasteiger partial charge is 0.271 e. The highest BCUT2D eigenvalue weighted by atomic mass is 16.6. The van der Waals surface area contributed by atoms with Crippen LogP contribution in [0.1, 0.15) is 13.3 Å². The maximum atomic E-state index is 12.4. The molecular weight excluding hydrogens is 290 g/mol. The van der Waals surface area contributed by atoms with E-state index in [-0.39, 0.29) is 11.6 Å². The van der Waals surface area contributed by atoms with Gasteiger partial charge in [-0.2, -0.15) is 0 Å². The second-order valence-corrected chi connectivity index (χ2v) is 4.81. The van der Waals surface area contributed by atoms with Crippen molar-refractivity contribution in [2.75, 3.05) is 31.2 Å². The quantitative estimate of drug-likeness (QED) is 0.458. The van der Waals surface area contributed by atoms with Crippen molar-refractivity contribution in [2.45, 2.75) is 19.4 Å². The van der Waals surface area contributed by atoms with Crippen molar-refractivity contribution in [3.63, 3.8) is 0 Å². The van der Waals surface area contributed by atoms with Crippen molar-refractivity contribution in [3.05, 3.63) is 28.3 Å². The number of carbonyl (C=O) groups is 1. The van der Waals surface area contributed by atoms with Crippen LogP contribution in [0.2, 0.25) is 0 Å². The zero-order valence-corrected chi connectivity index (χ0v) is 12.4. The summed E-state index contributed by atoms with van der Waals surface area (Å²) in [6.07, 6.45) is -0.0569. The number of benzene rings is 1. The predicted molar refractivity (Wildman–Crippen MR) is 80.0 cm³/mol. The first-order valence-electron chi connectivity index (χ1n) is 7.12. The zero-order chi connectivity index (χ0) is 16.1. The van der Waals surface area contributed by atoms with E-state index in [1.165, 1.54) is 23.1 Å². The third-order valence-electron chi connectivity index (χ3n) is 3.35. The van der Waals surface area contributed by atoms with Gasteiger partial charge in [0.15, 0.2) is 6.10 Å². The van der Waals surface area contributed by atoms with Crippen LogP contribution in [0.15, 0.2) is 18.2 Å². The van der Waals surface area contributed by atoms with Crippen LogP contribution in [0.3, 0.4) is 0 Å². The molecule has 0 aromatic heterocycles. The summed E-state index contributed by atoms with van der Waals surface area (Å²) >= 11 is 0. The minimum Gasteiger partial charge on any atom is -0.478 e. The highest BCUT2D eigenvalue weighted by molar-refractivity contribution is 6.00. The molecule has 1 amide bonds. The third-order valence-corrected chi connectivity index (χ3v) is 3.35. The van der Waals surface area contributed by atoms with Crippen molar-refractivity contribution in [1.82, 2.24) is 0 Å². The summed E-state index contributed by atoms with van der Waals surface area (Å²) in [5, 5.41) is 10.9. The number of hydrogen-bond acceptors (Lipinski definition) is 6. The zero-order valence-electron chi connectivity index (χ0n) is 12.4. The number of fused-ring (bicyclic) bond motifs is 1. The number of nitrogens with zero attached hydrogens (tertiary/aromatic N) is 2. The Morgan fingerprint density at radius 1 is 1.45 bits per heavy atom. The van der Waals surface area contributed by atoms with Gasteiger partial charge in [0.1, 0.15) is 5.75 Å². The molecule has 120 valence electrons. The van der Waals surface area contributed by atoms with E-state index >= 15 is 0 Å². The van der Waals surface area contributed by atoms with Gasteiger partial charge in [-0.15, -0.1) is 0 Å². The lowest BCUT2D eigenvalue weighted by Gasteiger charge is -2.33. The summed E-state index contributed by atoms with van der Waals surface area (Å²) in [5.41, 5.74) is 5.67. The molecular formula is C14H19N3O5. The maximum absolute atomic E-state index is 12.4. The van der Waals surface area contributed by atoms with Crippen molar-refractivity contribution in [1.29, 1.82) is 0 Å². The number of nitrogens with two attached hydrogens (primary N) is 1. The Morgan fingerprint density at radius 2 is 2.23 bits per heavy atom. The van der Waals surface area contributed by atoms with E-state index in [9.17, 15) is 14.9 Å². The van der Waals surface area contributed by atoms with Gasteiger partial charge in [-0.25, -0.2) is 0 Å². The average Bonchev–Trinajstić information content (AvgIpc) is 2.52. The number of amides is 1. The van der Waals surface area contributed by atoms with E-state index in [2.05, 4.69) is 0 Å². The van der Waals surface area contributed by atoms with Crippen LogP contribution in [0.25, 0.3) is 0 Å². The Morgan fingerprint density at radius 3 is 2.86 bits per heavy atom. The Balaban J connectivity index is 2.27. The number of hydrogen-bond donors (Lipinski definition) is 1. The van der Waals surface area contributed by atoms with Crippen LogP contribution < -0.4 is 15.4 Å². The Labute approximate surface area is 127 Å². The van der Waals surface area contributed by atoms with Gasteiger partial charge < -0.3 is 20.1 Å². The Bertz CT molecular complexity index is 563. The molecule has 2 N–H and O–H groups in total. The van der Waals surface area contributed by atoms with Crippen LogP contribution in [0.5, 0.6) is 5.75 Å². The largest absolute Gasteiger partial charge is 0.478 e. The van der Waals surface area contributed by atoms with Crippen LogP contribution in [-0.2, 0) is 9.53 Å².